The lowest BCUT2D eigenvalue weighted by Crippen LogP contribution is -2.13. The zero-order valence-corrected chi connectivity index (χ0v) is 8.80. The Morgan fingerprint density at radius 1 is 1.71 bits per heavy atom. The fourth-order valence-corrected chi connectivity index (χ4v) is 2.65. The summed E-state index contributed by atoms with van der Waals surface area (Å²) in [6.07, 6.45) is 2.36. The van der Waals surface area contributed by atoms with Crippen LogP contribution in [-0.2, 0) is 0 Å². The second-order valence-electron chi connectivity index (χ2n) is 3.81. The van der Waals surface area contributed by atoms with Gasteiger partial charge in [-0.3, -0.25) is 0 Å². The molecular formula is C10H13NO2S. The standard InChI is InChI=1S/C10H13NO2S/c1-5-7(8(11)6-2-3-6)4-14-9(5)10(12)13/h4,6,8H,2-3,11H2,1H3,(H,12,13). The van der Waals surface area contributed by atoms with Crippen LogP contribution in [0.15, 0.2) is 5.38 Å². The molecule has 76 valence electrons. The second-order valence-corrected chi connectivity index (χ2v) is 4.69. The summed E-state index contributed by atoms with van der Waals surface area (Å²) in [5.74, 6) is -0.272. The molecule has 1 unspecified atom stereocenters. The van der Waals surface area contributed by atoms with Gasteiger partial charge in [0.05, 0.1) is 0 Å². The van der Waals surface area contributed by atoms with Crippen molar-refractivity contribution in [2.75, 3.05) is 0 Å². The Balaban J connectivity index is 2.30. The minimum atomic E-state index is -0.846. The van der Waals surface area contributed by atoms with Crippen molar-refractivity contribution in [2.45, 2.75) is 25.8 Å². The van der Waals surface area contributed by atoms with E-state index in [9.17, 15) is 4.79 Å². The summed E-state index contributed by atoms with van der Waals surface area (Å²) in [5, 5.41) is 10.8. The van der Waals surface area contributed by atoms with Gasteiger partial charge in [-0.2, -0.15) is 0 Å². The number of aromatic carboxylic acids is 1. The molecule has 4 heteroatoms. The summed E-state index contributed by atoms with van der Waals surface area (Å²) >= 11 is 1.28. The number of carboxylic acids is 1. The first-order chi connectivity index (χ1) is 6.61. The van der Waals surface area contributed by atoms with Crippen LogP contribution in [-0.4, -0.2) is 11.1 Å². The van der Waals surface area contributed by atoms with E-state index in [1.807, 2.05) is 12.3 Å². The first-order valence-corrected chi connectivity index (χ1v) is 5.56. The average Bonchev–Trinajstić information content (AvgIpc) is 2.88. The van der Waals surface area contributed by atoms with E-state index in [0.717, 1.165) is 11.1 Å². The second kappa shape index (κ2) is 3.37. The third-order valence-electron chi connectivity index (χ3n) is 2.76. The first-order valence-electron chi connectivity index (χ1n) is 4.68. The number of carbonyl (C=O) groups is 1. The molecule has 0 aromatic carbocycles. The Labute approximate surface area is 86.6 Å². The van der Waals surface area contributed by atoms with E-state index < -0.39 is 5.97 Å². The van der Waals surface area contributed by atoms with Gasteiger partial charge in [0.2, 0.25) is 0 Å². The fourth-order valence-electron chi connectivity index (χ4n) is 1.68. The van der Waals surface area contributed by atoms with Crippen LogP contribution in [0.1, 0.15) is 39.7 Å². The van der Waals surface area contributed by atoms with E-state index in [0.29, 0.717) is 10.8 Å². The van der Waals surface area contributed by atoms with Gasteiger partial charge in [0.25, 0.3) is 0 Å². The lowest BCUT2D eigenvalue weighted by Gasteiger charge is -2.09. The van der Waals surface area contributed by atoms with Crippen LogP contribution in [0.4, 0.5) is 0 Å². The van der Waals surface area contributed by atoms with Crippen molar-refractivity contribution >= 4 is 17.3 Å². The molecule has 0 aliphatic heterocycles. The maximum Gasteiger partial charge on any atom is 0.346 e. The van der Waals surface area contributed by atoms with E-state index in [4.69, 9.17) is 10.8 Å². The molecule has 1 saturated carbocycles. The lowest BCUT2D eigenvalue weighted by atomic mass is 10.0. The van der Waals surface area contributed by atoms with Gasteiger partial charge < -0.3 is 10.8 Å². The van der Waals surface area contributed by atoms with Gasteiger partial charge >= 0.3 is 5.97 Å². The van der Waals surface area contributed by atoms with Crippen molar-refractivity contribution in [3.8, 4) is 0 Å². The lowest BCUT2D eigenvalue weighted by molar-refractivity contribution is 0.0701. The van der Waals surface area contributed by atoms with E-state index in [2.05, 4.69) is 0 Å². The van der Waals surface area contributed by atoms with Crippen molar-refractivity contribution in [3.63, 3.8) is 0 Å². The van der Waals surface area contributed by atoms with Gasteiger partial charge in [0.15, 0.2) is 0 Å². The van der Waals surface area contributed by atoms with Gasteiger partial charge in [-0.05, 0) is 42.2 Å². The van der Waals surface area contributed by atoms with Crippen molar-refractivity contribution in [2.24, 2.45) is 11.7 Å². The van der Waals surface area contributed by atoms with Gasteiger partial charge in [-0.15, -0.1) is 11.3 Å². The maximum atomic E-state index is 10.8. The number of nitrogens with two attached hydrogens (primary N) is 1. The normalized spacial score (nSPS) is 18.1. The number of carboxylic acid groups (broad SMARTS) is 1. The van der Waals surface area contributed by atoms with Gasteiger partial charge in [-0.1, -0.05) is 0 Å². The third-order valence-corrected chi connectivity index (χ3v) is 3.85. The summed E-state index contributed by atoms with van der Waals surface area (Å²) in [5.41, 5.74) is 7.90. The molecule has 1 aromatic heterocycles. The van der Waals surface area contributed by atoms with Crippen molar-refractivity contribution < 1.29 is 9.90 Å². The molecule has 1 atom stereocenters. The summed E-state index contributed by atoms with van der Waals surface area (Å²) in [7, 11) is 0. The molecule has 14 heavy (non-hydrogen) atoms. The largest absolute Gasteiger partial charge is 0.477 e. The molecule has 0 bridgehead atoms. The predicted octanol–water partition coefficient (Wildman–Crippen LogP) is 2.16. The van der Waals surface area contributed by atoms with Gasteiger partial charge in [0, 0.05) is 6.04 Å². The Kier molecular flexibility index (Phi) is 2.33. The molecule has 3 N–H and O–H groups in total. The Hall–Kier alpha value is -0.870. The smallest absolute Gasteiger partial charge is 0.346 e. The average molecular weight is 211 g/mol. The summed E-state index contributed by atoms with van der Waals surface area (Å²) in [6, 6.07) is 0.0411. The summed E-state index contributed by atoms with van der Waals surface area (Å²) in [6.45, 7) is 1.84. The molecule has 2 rings (SSSR count). The number of hydrogen-bond acceptors (Lipinski definition) is 3. The number of hydrogen-bond donors (Lipinski definition) is 2. The summed E-state index contributed by atoms with van der Waals surface area (Å²) < 4.78 is 0. The molecular weight excluding hydrogens is 198 g/mol. The Morgan fingerprint density at radius 2 is 2.36 bits per heavy atom. The van der Waals surface area contributed by atoms with Crippen LogP contribution in [0.5, 0.6) is 0 Å². The molecule has 1 aromatic rings. The molecule has 0 saturated heterocycles. The SMILES string of the molecule is Cc1c(C(N)C2CC2)csc1C(=O)O. The van der Waals surface area contributed by atoms with Crippen LogP contribution >= 0.6 is 11.3 Å². The highest BCUT2D eigenvalue weighted by molar-refractivity contribution is 7.12. The molecule has 0 amide bonds. The van der Waals surface area contributed by atoms with Crippen LogP contribution in [0.3, 0.4) is 0 Å². The monoisotopic (exact) mass is 211 g/mol. The zero-order valence-electron chi connectivity index (χ0n) is 7.99. The highest BCUT2D eigenvalue weighted by Gasteiger charge is 2.31. The van der Waals surface area contributed by atoms with Crippen LogP contribution in [0.2, 0.25) is 0 Å². The van der Waals surface area contributed by atoms with Gasteiger partial charge in [0.1, 0.15) is 4.88 Å². The topological polar surface area (TPSA) is 63.3 Å². The first kappa shape index (κ1) is 9.68. The fraction of sp³-hybridized carbons (Fsp3) is 0.500. The Bertz CT molecular complexity index is 368. The van der Waals surface area contributed by atoms with Crippen molar-refractivity contribution in [3.05, 3.63) is 21.4 Å². The van der Waals surface area contributed by atoms with Gasteiger partial charge in [-0.25, -0.2) is 4.79 Å². The molecule has 1 fully saturated rings. The maximum absolute atomic E-state index is 10.8. The molecule has 3 nitrogen and oxygen atoms in total. The minimum absolute atomic E-state index is 0.0411. The minimum Gasteiger partial charge on any atom is -0.477 e. The van der Waals surface area contributed by atoms with Crippen LogP contribution < -0.4 is 5.73 Å². The van der Waals surface area contributed by atoms with Crippen LogP contribution in [0.25, 0.3) is 0 Å². The van der Waals surface area contributed by atoms with Crippen molar-refractivity contribution in [1.82, 2.24) is 0 Å². The molecule has 1 aliphatic carbocycles. The number of thiophene rings is 1. The predicted molar refractivity (Wildman–Crippen MR) is 55.7 cm³/mol. The third kappa shape index (κ3) is 1.55. The van der Waals surface area contributed by atoms with E-state index in [1.54, 1.807) is 0 Å². The van der Waals surface area contributed by atoms with Crippen molar-refractivity contribution in [1.29, 1.82) is 0 Å². The molecule has 1 aliphatic rings. The Morgan fingerprint density at radius 3 is 2.79 bits per heavy atom. The van der Waals surface area contributed by atoms with E-state index in [-0.39, 0.29) is 6.04 Å². The highest BCUT2D eigenvalue weighted by Crippen LogP contribution is 2.41. The summed E-state index contributed by atoms with van der Waals surface area (Å²) in [4.78, 5) is 11.2. The zero-order chi connectivity index (χ0) is 10.3. The van der Waals surface area contributed by atoms with E-state index >= 15 is 0 Å². The molecule has 0 radical (unpaired) electrons. The highest BCUT2D eigenvalue weighted by atomic mass is 32.1. The quantitative estimate of drug-likeness (QED) is 0.805. The molecule has 0 spiro atoms. The van der Waals surface area contributed by atoms with Crippen LogP contribution in [0, 0.1) is 12.8 Å². The number of rotatable bonds is 3. The van der Waals surface area contributed by atoms with E-state index in [1.165, 1.54) is 24.2 Å². The molecule has 1 heterocycles.